The molecule has 1 amide bonds. The Kier molecular flexibility index (Phi) is 5.68. The normalized spacial score (nSPS) is 12.8. The number of imidazole rings is 1. The van der Waals surface area contributed by atoms with E-state index in [1.54, 1.807) is 6.33 Å². The van der Waals surface area contributed by atoms with Gasteiger partial charge < -0.3 is 19.9 Å². The fourth-order valence-electron chi connectivity index (χ4n) is 3.86. The fraction of sp³-hybridized carbons (Fsp3) is 0.154. The summed E-state index contributed by atoms with van der Waals surface area (Å²) in [5.41, 5.74) is 4.23. The summed E-state index contributed by atoms with van der Waals surface area (Å²) < 4.78 is 7.86. The van der Waals surface area contributed by atoms with Gasteiger partial charge in [0.05, 0.1) is 6.33 Å². The number of benzene rings is 3. The molecule has 2 heterocycles. The Morgan fingerprint density at radius 3 is 2.78 bits per heavy atom. The van der Waals surface area contributed by atoms with Gasteiger partial charge in [-0.3, -0.25) is 4.79 Å². The van der Waals surface area contributed by atoms with Gasteiger partial charge in [0.2, 0.25) is 0 Å². The van der Waals surface area contributed by atoms with E-state index in [9.17, 15) is 4.79 Å². The number of nitrogens with one attached hydrogen (secondary N) is 2. The summed E-state index contributed by atoms with van der Waals surface area (Å²) in [7, 11) is 0. The van der Waals surface area contributed by atoms with Crippen LogP contribution in [0.15, 0.2) is 85.3 Å². The van der Waals surface area contributed by atoms with Gasteiger partial charge in [0.25, 0.3) is 5.91 Å². The van der Waals surface area contributed by atoms with Crippen molar-refractivity contribution in [2.45, 2.75) is 19.5 Å². The van der Waals surface area contributed by atoms with Crippen LogP contribution >= 0.6 is 0 Å². The number of amides is 1. The maximum absolute atomic E-state index is 12.7. The minimum atomic E-state index is -0.144. The number of ether oxygens (including phenoxy) is 1. The average Bonchev–Trinajstić information content (AvgIpc) is 3.26. The number of rotatable bonds is 6. The van der Waals surface area contributed by atoms with Crippen LogP contribution in [0.3, 0.4) is 0 Å². The van der Waals surface area contributed by atoms with Gasteiger partial charge in [0.1, 0.15) is 11.5 Å². The Morgan fingerprint density at radius 1 is 1.00 bits per heavy atom. The molecule has 1 aromatic heterocycles. The van der Waals surface area contributed by atoms with Crippen LogP contribution in [0.5, 0.6) is 11.5 Å². The van der Waals surface area contributed by atoms with E-state index < -0.39 is 0 Å². The van der Waals surface area contributed by atoms with Gasteiger partial charge in [-0.2, -0.15) is 0 Å². The monoisotopic (exact) mass is 424 g/mol. The van der Waals surface area contributed by atoms with Crippen molar-refractivity contribution in [3.63, 3.8) is 0 Å². The molecule has 3 aromatic carbocycles. The van der Waals surface area contributed by atoms with Gasteiger partial charge in [-0.15, -0.1) is 0 Å². The second kappa shape index (κ2) is 9.08. The van der Waals surface area contributed by atoms with Gasteiger partial charge in [-0.25, -0.2) is 4.98 Å². The molecule has 0 saturated heterocycles. The molecule has 32 heavy (non-hydrogen) atoms. The van der Waals surface area contributed by atoms with E-state index in [4.69, 9.17) is 4.74 Å². The lowest BCUT2D eigenvalue weighted by Crippen LogP contribution is -2.24. The number of nitrogens with zero attached hydrogens (tertiary/aromatic N) is 2. The molecule has 4 aromatic rings. The lowest BCUT2D eigenvalue weighted by Gasteiger charge is -2.17. The van der Waals surface area contributed by atoms with Crippen LogP contribution < -0.4 is 15.4 Å². The van der Waals surface area contributed by atoms with Crippen molar-refractivity contribution in [2.75, 3.05) is 11.9 Å². The van der Waals surface area contributed by atoms with Crippen LogP contribution in [0.25, 0.3) is 0 Å². The smallest absolute Gasteiger partial charge is 0.256 e. The predicted octanol–water partition coefficient (Wildman–Crippen LogP) is 4.62. The van der Waals surface area contributed by atoms with Gasteiger partial charge in [-0.1, -0.05) is 36.4 Å². The molecule has 0 radical (unpaired) electrons. The molecule has 1 aliphatic rings. The van der Waals surface area contributed by atoms with Crippen molar-refractivity contribution in [2.24, 2.45) is 0 Å². The Hall–Kier alpha value is -3.90. The highest BCUT2D eigenvalue weighted by Gasteiger charge is 2.13. The number of anilines is 1. The minimum Gasteiger partial charge on any atom is -0.457 e. The number of carbonyl (C=O) groups excluding carboxylic acids is 1. The zero-order valence-corrected chi connectivity index (χ0v) is 17.6. The molecule has 0 saturated carbocycles. The maximum atomic E-state index is 12.7. The average molecular weight is 425 g/mol. The summed E-state index contributed by atoms with van der Waals surface area (Å²) in [5, 5.41) is 6.25. The van der Waals surface area contributed by atoms with Crippen LogP contribution in [0, 0.1) is 0 Å². The Balaban J connectivity index is 1.23. The number of para-hydroxylation sites is 1. The van der Waals surface area contributed by atoms with Crippen molar-refractivity contribution in [3.05, 3.63) is 108 Å². The fourth-order valence-corrected chi connectivity index (χ4v) is 3.86. The number of hydrogen-bond acceptors (Lipinski definition) is 4. The third-order valence-corrected chi connectivity index (χ3v) is 5.47. The first-order chi connectivity index (χ1) is 15.7. The zero-order chi connectivity index (χ0) is 21.8. The van der Waals surface area contributed by atoms with Gasteiger partial charge >= 0.3 is 0 Å². The van der Waals surface area contributed by atoms with E-state index in [-0.39, 0.29) is 5.91 Å². The van der Waals surface area contributed by atoms with E-state index in [2.05, 4.69) is 15.6 Å². The molecule has 1 aliphatic heterocycles. The summed E-state index contributed by atoms with van der Waals surface area (Å²) in [6.45, 7) is 2.43. The van der Waals surface area contributed by atoms with E-state index in [1.165, 1.54) is 11.1 Å². The van der Waals surface area contributed by atoms with Crippen LogP contribution in [0.4, 0.5) is 5.82 Å². The molecular formula is C26H24N4O2. The van der Waals surface area contributed by atoms with Crippen molar-refractivity contribution < 1.29 is 9.53 Å². The summed E-state index contributed by atoms with van der Waals surface area (Å²) in [6.07, 6.45) is 4.50. The van der Waals surface area contributed by atoms with Crippen LogP contribution in [0.2, 0.25) is 0 Å². The van der Waals surface area contributed by atoms with E-state index in [0.717, 1.165) is 36.6 Å². The Bertz CT molecular complexity index is 1230. The highest BCUT2D eigenvalue weighted by molar-refractivity contribution is 6.03. The molecule has 0 unspecified atom stereocenters. The number of fused-ring (bicyclic) bond motifs is 1. The summed E-state index contributed by atoms with van der Waals surface area (Å²) in [6, 6.07) is 23.5. The van der Waals surface area contributed by atoms with Crippen LogP contribution in [-0.2, 0) is 19.5 Å². The van der Waals surface area contributed by atoms with Gasteiger partial charge in [0, 0.05) is 24.8 Å². The van der Waals surface area contributed by atoms with Crippen LogP contribution in [0.1, 0.15) is 27.0 Å². The summed E-state index contributed by atoms with van der Waals surface area (Å²) >= 11 is 0. The molecule has 6 nitrogen and oxygen atoms in total. The Labute approximate surface area is 186 Å². The van der Waals surface area contributed by atoms with Crippen molar-refractivity contribution >= 4 is 11.7 Å². The second-order valence-electron chi connectivity index (χ2n) is 7.86. The summed E-state index contributed by atoms with van der Waals surface area (Å²) in [4.78, 5) is 17.0. The van der Waals surface area contributed by atoms with Crippen molar-refractivity contribution in [3.8, 4) is 11.5 Å². The molecule has 0 aliphatic carbocycles. The molecule has 0 fully saturated rings. The standard InChI is InChI=1S/C26H24N4O2/c31-26(21-9-10-22-15-27-12-11-20(22)14-21)29-25-17-30(18-28-25)16-19-5-4-8-24(13-19)32-23-6-2-1-3-7-23/h1-10,13-14,17-18,27H,11-12,15-16H2,(H,29,31). The number of aromatic nitrogens is 2. The highest BCUT2D eigenvalue weighted by atomic mass is 16.5. The van der Waals surface area contributed by atoms with Crippen molar-refractivity contribution in [1.82, 2.24) is 14.9 Å². The van der Waals surface area contributed by atoms with E-state index in [0.29, 0.717) is 17.9 Å². The van der Waals surface area contributed by atoms with Crippen molar-refractivity contribution in [1.29, 1.82) is 0 Å². The first kappa shape index (κ1) is 20.0. The lowest BCUT2D eigenvalue weighted by molar-refractivity contribution is 0.102. The van der Waals surface area contributed by atoms with Gasteiger partial charge in [0.15, 0.2) is 5.82 Å². The zero-order valence-electron chi connectivity index (χ0n) is 17.6. The largest absolute Gasteiger partial charge is 0.457 e. The highest BCUT2D eigenvalue weighted by Crippen LogP contribution is 2.22. The molecular weight excluding hydrogens is 400 g/mol. The third-order valence-electron chi connectivity index (χ3n) is 5.47. The summed E-state index contributed by atoms with van der Waals surface area (Å²) in [5.74, 6) is 1.97. The lowest BCUT2D eigenvalue weighted by atomic mass is 9.98. The topological polar surface area (TPSA) is 68.2 Å². The first-order valence-electron chi connectivity index (χ1n) is 10.7. The molecule has 5 rings (SSSR count). The van der Waals surface area contributed by atoms with E-state index >= 15 is 0 Å². The molecule has 0 atom stereocenters. The predicted molar refractivity (Wildman–Crippen MR) is 124 cm³/mol. The molecule has 0 bridgehead atoms. The van der Waals surface area contributed by atoms with E-state index in [1.807, 2.05) is 83.6 Å². The molecule has 160 valence electrons. The SMILES string of the molecule is O=C(Nc1cn(Cc2cccc(Oc3ccccc3)c2)cn1)c1ccc2c(c1)CCNC2. The first-order valence-corrected chi connectivity index (χ1v) is 10.7. The molecule has 2 N–H and O–H groups in total. The number of hydrogen-bond donors (Lipinski definition) is 2. The quantitative estimate of drug-likeness (QED) is 0.474. The van der Waals surface area contributed by atoms with Crippen LogP contribution in [-0.4, -0.2) is 22.0 Å². The Morgan fingerprint density at radius 2 is 1.88 bits per heavy atom. The third kappa shape index (κ3) is 4.71. The molecule has 6 heteroatoms. The van der Waals surface area contributed by atoms with Gasteiger partial charge in [-0.05, 0) is 66.1 Å². The minimum absolute atomic E-state index is 0.144. The maximum Gasteiger partial charge on any atom is 0.256 e. The second-order valence-corrected chi connectivity index (χ2v) is 7.86. The molecule has 0 spiro atoms. The number of carbonyl (C=O) groups is 1.